The molecule has 0 unspecified atom stereocenters. The van der Waals surface area contributed by atoms with E-state index in [1.165, 1.54) is 10.6 Å². The van der Waals surface area contributed by atoms with E-state index in [1.807, 2.05) is 37.3 Å². The smallest absolute Gasteiger partial charge is 0.263 e. The molecule has 0 radical (unpaired) electrons. The van der Waals surface area contributed by atoms with Crippen LogP contribution in [0.4, 0.5) is 5.69 Å². The van der Waals surface area contributed by atoms with E-state index in [2.05, 4.69) is 5.32 Å². The van der Waals surface area contributed by atoms with Crippen molar-refractivity contribution in [2.75, 3.05) is 19.5 Å². The highest BCUT2D eigenvalue weighted by molar-refractivity contribution is 6.04. The Morgan fingerprint density at radius 3 is 2.32 bits per heavy atom. The number of rotatable bonds is 6. The van der Waals surface area contributed by atoms with Crippen LogP contribution >= 0.6 is 0 Å². The molecule has 1 N–H and O–H groups in total. The molecule has 0 aliphatic heterocycles. The van der Waals surface area contributed by atoms with E-state index < -0.39 is 5.91 Å². The van der Waals surface area contributed by atoms with Gasteiger partial charge in [-0.15, -0.1) is 0 Å². The quantitative estimate of drug-likeness (QED) is 0.713. The van der Waals surface area contributed by atoms with Crippen molar-refractivity contribution < 1.29 is 14.3 Å². The second-order valence-electron chi connectivity index (χ2n) is 6.34. The minimum atomic E-state index is -0.433. The first-order valence-corrected chi connectivity index (χ1v) is 8.80. The molecule has 144 valence electrons. The highest BCUT2D eigenvalue weighted by Crippen LogP contribution is 2.23. The Kier molecular flexibility index (Phi) is 5.79. The first kappa shape index (κ1) is 19.2. The number of aromatic nitrogens is 1. The zero-order chi connectivity index (χ0) is 20.1. The average molecular weight is 378 g/mol. The molecule has 2 aromatic carbocycles. The van der Waals surface area contributed by atoms with Crippen molar-refractivity contribution in [1.82, 2.24) is 4.57 Å². The third-order valence-corrected chi connectivity index (χ3v) is 4.42. The maximum Gasteiger partial charge on any atom is 0.263 e. The zero-order valence-electron chi connectivity index (χ0n) is 16.1. The van der Waals surface area contributed by atoms with Gasteiger partial charge >= 0.3 is 0 Å². The minimum absolute atomic E-state index is 0.0839. The number of ether oxygens (including phenoxy) is 2. The Balaban J connectivity index is 1.88. The lowest BCUT2D eigenvalue weighted by Gasteiger charge is -2.12. The lowest BCUT2D eigenvalue weighted by Crippen LogP contribution is -2.29. The van der Waals surface area contributed by atoms with Crippen LogP contribution in [0, 0.1) is 6.92 Å². The van der Waals surface area contributed by atoms with E-state index in [0.717, 1.165) is 11.1 Å². The number of amides is 1. The van der Waals surface area contributed by atoms with Crippen LogP contribution in [0.5, 0.6) is 11.5 Å². The van der Waals surface area contributed by atoms with Gasteiger partial charge in [-0.3, -0.25) is 9.59 Å². The Morgan fingerprint density at radius 2 is 1.68 bits per heavy atom. The molecule has 3 rings (SSSR count). The standard InChI is InChI=1S/C22H22N2O4/c1-15-7-4-5-9-20(15)23-21(25)19-8-6-10-24(22(19)26)14-16-11-17(27-2)13-18(12-16)28-3/h4-13H,14H2,1-3H3,(H,23,25). The van der Waals surface area contributed by atoms with E-state index in [-0.39, 0.29) is 17.7 Å². The van der Waals surface area contributed by atoms with Gasteiger partial charge in [0.05, 0.1) is 20.8 Å². The second-order valence-corrected chi connectivity index (χ2v) is 6.34. The zero-order valence-corrected chi connectivity index (χ0v) is 16.1. The fourth-order valence-corrected chi connectivity index (χ4v) is 2.89. The summed E-state index contributed by atoms with van der Waals surface area (Å²) in [6, 6.07) is 16.1. The van der Waals surface area contributed by atoms with Crippen LogP contribution in [0.25, 0.3) is 0 Å². The Morgan fingerprint density at radius 1 is 1.00 bits per heavy atom. The molecular formula is C22H22N2O4. The number of nitrogens with one attached hydrogen (secondary N) is 1. The molecule has 0 aliphatic carbocycles. The summed E-state index contributed by atoms with van der Waals surface area (Å²) in [4.78, 5) is 25.5. The van der Waals surface area contributed by atoms with Crippen LogP contribution in [0.15, 0.2) is 65.6 Å². The normalized spacial score (nSPS) is 10.4. The monoisotopic (exact) mass is 378 g/mol. The van der Waals surface area contributed by atoms with Crippen molar-refractivity contribution >= 4 is 11.6 Å². The van der Waals surface area contributed by atoms with Crippen molar-refractivity contribution in [1.29, 1.82) is 0 Å². The number of benzene rings is 2. The first-order chi connectivity index (χ1) is 13.5. The molecule has 1 heterocycles. The summed E-state index contributed by atoms with van der Waals surface area (Å²) in [5, 5.41) is 2.80. The number of carbonyl (C=O) groups excluding carboxylic acids is 1. The fourth-order valence-electron chi connectivity index (χ4n) is 2.89. The number of aryl methyl sites for hydroxylation is 1. The molecule has 0 bridgehead atoms. The molecule has 6 nitrogen and oxygen atoms in total. The molecule has 6 heteroatoms. The van der Waals surface area contributed by atoms with Gasteiger partial charge in [-0.25, -0.2) is 0 Å². The molecule has 0 aliphatic rings. The summed E-state index contributed by atoms with van der Waals surface area (Å²) < 4.78 is 12.0. The number of carbonyl (C=O) groups is 1. The van der Waals surface area contributed by atoms with Crippen molar-refractivity contribution in [3.63, 3.8) is 0 Å². The number of anilines is 1. The number of para-hydroxylation sites is 1. The topological polar surface area (TPSA) is 69.6 Å². The lowest BCUT2D eigenvalue weighted by atomic mass is 10.1. The Labute approximate surface area is 163 Å². The summed E-state index contributed by atoms with van der Waals surface area (Å²) in [5.74, 6) is 0.837. The van der Waals surface area contributed by atoms with Crippen LogP contribution in [0.2, 0.25) is 0 Å². The Bertz CT molecular complexity index is 1030. The second kappa shape index (κ2) is 8.43. The average Bonchev–Trinajstić information content (AvgIpc) is 2.70. The number of hydrogen-bond donors (Lipinski definition) is 1. The van der Waals surface area contributed by atoms with Gasteiger partial charge in [0, 0.05) is 18.0 Å². The van der Waals surface area contributed by atoms with Crippen molar-refractivity contribution in [2.24, 2.45) is 0 Å². The highest BCUT2D eigenvalue weighted by atomic mass is 16.5. The van der Waals surface area contributed by atoms with Gasteiger partial charge in [0.25, 0.3) is 11.5 Å². The lowest BCUT2D eigenvalue weighted by molar-refractivity contribution is 0.102. The molecule has 0 atom stereocenters. The maximum absolute atomic E-state index is 12.8. The van der Waals surface area contributed by atoms with Gasteiger partial charge in [-0.05, 0) is 48.4 Å². The van der Waals surface area contributed by atoms with Gasteiger partial charge in [0.1, 0.15) is 17.1 Å². The molecule has 0 fully saturated rings. The summed E-state index contributed by atoms with van der Waals surface area (Å²) in [7, 11) is 3.14. The predicted molar refractivity (Wildman–Crippen MR) is 108 cm³/mol. The molecule has 0 spiro atoms. The molecular weight excluding hydrogens is 356 g/mol. The van der Waals surface area contributed by atoms with Crippen LogP contribution in [-0.2, 0) is 6.54 Å². The highest BCUT2D eigenvalue weighted by Gasteiger charge is 2.14. The number of hydrogen-bond acceptors (Lipinski definition) is 4. The molecule has 1 amide bonds. The van der Waals surface area contributed by atoms with E-state index in [4.69, 9.17) is 9.47 Å². The van der Waals surface area contributed by atoms with Crippen LogP contribution in [0.3, 0.4) is 0 Å². The Hall–Kier alpha value is -3.54. The third-order valence-electron chi connectivity index (χ3n) is 4.42. The number of pyridine rings is 1. The summed E-state index contributed by atoms with van der Waals surface area (Å²) in [6.45, 7) is 2.19. The molecule has 3 aromatic rings. The van der Waals surface area contributed by atoms with E-state index in [0.29, 0.717) is 17.2 Å². The summed E-state index contributed by atoms with van der Waals surface area (Å²) in [6.07, 6.45) is 1.65. The first-order valence-electron chi connectivity index (χ1n) is 8.80. The fraction of sp³-hybridized carbons (Fsp3) is 0.182. The summed E-state index contributed by atoms with van der Waals surface area (Å²) in [5.41, 5.74) is 2.15. The van der Waals surface area contributed by atoms with Crippen LogP contribution in [-0.4, -0.2) is 24.7 Å². The molecule has 0 saturated heterocycles. The SMILES string of the molecule is COc1cc(Cn2cccc(C(=O)Nc3ccccc3C)c2=O)cc(OC)c1. The van der Waals surface area contributed by atoms with Gasteiger partial charge in [-0.2, -0.15) is 0 Å². The molecule has 1 aromatic heterocycles. The minimum Gasteiger partial charge on any atom is -0.497 e. The largest absolute Gasteiger partial charge is 0.497 e. The number of nitrogens with zero attached hydrogens (tertiary/aromatic N) is 1. The van der Waals surface area contributed by atoms with Gasteiger partial charge < -0.3 is 19.4 Å². The molecule has 0 saturated carbocycles. The van der Waals surface area contributed by atoms with E-state index in [9.17, 15) is 9.59 Å². The van der Waals surface area contributed by atoms with Crippen LogP contribution in [0.1, 0.15) is 21.5 Å². The van der Waals surface area contributed by atoms with Crippen molar-refractivity contribution in [3.8, 4) is 11.5 Å². The molecule has 28 heavy (non-hydrogen) atoms. The van der Waals surface area contributed by atoms with Gasteiger partial charge in [0.15, 0.2) is 0 Å². The maximum atomic E-state index is 12.8. The van der Waals surface area contributed by atoms with Crippen LogP contribution < -0.4 is 20.3 Å². The van der Waals surface area contributed by atoms with E-state index in [1.54, 1.807) is 38.6 Å². The summed E-state index contributed by atoms with van der Waals surface area (Å²) >= 11 is 0. The van der Waals surface area contributed by atoms with Crippen molar-refractivity contribution in [3.05, 3.63) is 87.8 Å². The number of methoxy groups -OCH3 is 2. The van der Waals surface area contributed by atoms with Crippen molar-refractivity contribution in [2.45, 2.75) is 13.5 Å². The van der Waals surface area contributed by atoms with E-state index >= 15 is 0 Å². The predicted octanol–water partition coefficient (Wildman–Crippen LogP) is 3.47. The van der Waals surface area contributed by atoms with Gasteiger partial charge in [-0.1, -0.05) is 18.2 Å². The van der Waals surface area contributed by atoms with Gasteiger partial charge in [0.2, 0.25) is 0 Å². The third kappa shape index (κ3) is 4.23.